The van der Waals surface area contributed by atoms with Gasteiger partial charge in [0.25, 0.3) is 0 Å². The molecule has 0 amide bonds. The monoisotopic (exact) mass is 223 g/mol. The molecule has 0 saturated carbocycles. The molecule has 6 nitrogen and oxygen atoms in total. The van der Waals surface area contributed by atoms with Crippen LogP contribution in [0.2, 0.25) is 0 Å². The van der Waals surface area contributed by atoms with E-state index in [0.29, 0.717) is 5.82 Å². The van der Waals surface area contributed by atoms with Gasteiger partial charge in [-0.1, -0.05) is 0 Å². The van der Waals surface area contributed by atoms with Gasteiger partial charge in [0.05, 0.1) is 6.61 Å². The van der Waals surface area contributed by atoms with Crippen molar-refractivity contribution in [3.8, 4) is 0 Å². The van der Waals surface area contributed by atoms with Crippen molar-refractivity contribution < 1.29 is 4.74 Å². The van der Waals surface area contributed by atoms with Crippen LogP contribution in [0.1, 0.15) is 12.0 Å². The number of nitrogens with zero attached hydrogens (tertiary/aromatic N) is 3. The van der Waals surface area contributed by atoms with E-state index in [-0.39, 0.29) is 0 Å². The summed E-state index contributed by atoms with van der Waals surface area (Å²) in [6.07, 6.45) is 2.55. The maximum Gasteiger partial charge on any atom is 0.148 e. The Hall–Kier alpha value is -1.40. The molecule has 1 aliphatic heterocycles. The number of nitrogens with two attached hydrogens (primary N) is 1. The fraction of sp³-hybridized carbons (Fsp3) is 0.600. The van der Waals surface area contributed by atoms with E-state index in [2.05, 4.69) is 20.3 Å². The molecule has 16 heavy (non-hydrogen) atoms. The minimum atomic E-state index is 0.676. The number of rotatable bonds is 2. The SMILES string of the molecule is Cc1c(NN)ncnc1N1CCCOCC1. The predicted octanol–water partition coefficient (Wildman–Crippen LogP) is 0.297. The third-order valence-electron chi connectivity index (χ3n) is 2.72. The fourth-order valence-electron chi connectivity index (χ4n) is 1.86. The van der Waals surface area contributed by atoms with Gasteiger partial charge in [0.2, 0.25) is 0 Å². The number of nitrogens with one attached hydrogen (secondary N) is 1. The summed E-state index contributed by atoms with van der Waals surface area (Å²) in [5, 5.41) is 0. The average Bonchev–Trinajstić information content (AvgIpc) is 2.58. The lowest BCUT2D eigenvalue weighted by Gasteiger charge is -2.23. The summed E-state index contributed by atoms with van der Waals surface area (Å²) in [5.41, 5.74) is 3.56. The van der Waals surface area contributed by atoms with E-state index in [4.69, 9.17) is 10.6 Å². The van der Waals surface area contributed by atoms with Crippen molar-refractivity contribution in [3.05, 3.63) is 11.9 Å². The van der Waals surface area contributed by atoms with Crippen molar-refractivity contribution in [1.29, 1.82) is 0 Å². The van der Waals surface area contributed by atoms with E-state index in [1.54, 1.807) is 0 Å². The van der Waals surface area contributed by atoms with Gasteiger partial charge >= 0.3 is 0 Å². The third kappa shape index (κ3) is 2.23. The Labute approximate surface area is 94.8 Å². The van der Waals surface area contributed by atoms with Crippen molar-refractivity contribution in [2.75, 3.05) is 36.6 Å². The van der Waals surface area contributed by atoms with Crippen LogP contribution in [0.5, 0.6) is 0 Å². The first-order chi connectivity index (χ1) is 7.83. The zero-order valence-electron chi connectivity index (χ0n) is 9.44. The molecule has 0 spiro atoms. The van der Waals surface area contributed by atoms with Gasteiger partial charge in [0.1, 0.15) is 18.0 Å². The number of hydrazine groups is 1. The second-order valence-corrected chi connectivity index (χ2v) is 3.77. The Balaban J connectivity index is 2.24. The first-order valence-corrected chi connectivity index (χ1v) is 5.44. The van der Waals surface area contributed by atoms with Crippen LogP contribution >= 0.6 is 0 Å². The highest BCUT2D eigenvalue weighted by molar-refractivity contribution is 5.57. The molecule has 1 aromatic rings. The van der Waals surface area contributed by atoms with Crippen LogP contribution in [0, 0.1) is 6.92 Å². The number of hydrogen-bond acceptors (Lipinski definition) is 6. The van der Waals surface area contributed by atoms with E-state index in [1.165, 1.54) is 6.33 Å². The summed E-state index contributed by atoms with van der Waals surface area (Å²) >= 11 is 0. The zero-order valence-corrected chi connectivity index (χ0v) is 9.44. The van der Waals surface area contributed by atoms with E-state index < -0.39 is 0 Å². The van der Waals surface area contributed by atoms with E-state index in [9.17, 15) is 0 Å². The molecular weight excluding hydrogens is 206 g/mol. The standard InChI is InChI=1S/C10H17N5O/c1-8-9(14-11)12-7-13-10(8)15-3-2-5-16-6-4-15/h7H,2-6,11H2,1H3,(H,12,13,14). The molecule has 3 N–H and O–H groups in total. The normalized spacial score (nSPS) is 17.0. The first kappa shape index (κ1) is 11.1. The van der Waals surface area contributed by atoms with Gasteiger partial charge in [-0.2, -0.15) is 0 Å². The maximum absolute atomic E-state index is 5.42. The highest BCUT2D eigenvalue weighted by atomic mass is 16.5. The summed E-state index contributed by atoms with van der Waals surface area (Å²) in [5.74, 6) is 7.01. The molecule has 0 bridgehead atoms. The Morgan fingerprint density at radius 3 is 3.06 bits per heavy atom. The molecule has 1 saturated heterocycles. The van der Waals surface area contributed by atoms with Gasteiger partial charge in [-0.15, -0.1) is 0 Å². The molecule has 0 aliphatic carbocycles. The van der Waals surface area contributed by atoms with Crippen LogP contribution in [0.3, 0.4) is 0 Å². The Morgan fingerprint density at radius 1 is 1.38 bits per heavy atom. The number of ether oxygens (including phenoxy) is 1. The highest BCUT2D eigenvalue weighted by Gasteiger charge is 2.15. The Kier molecular flexibility index (Phi) is 3.53. The van der Waals surface area contributed by atoms with Gasteiger partial charge in [-0.3, -0.25) is 0 Å². The molecule has 1 aliphatic rings. The van der Waals surface area contributed by atoms with Gasteiger partial charge < -0.3 is 15.1 Å². The van der Waals surface area contributed by atoms with Crippen molar-refractivity contribution in [1.82, 2.24) is 9.97 Å². The second-order valence-electron chi connectivity index (χ2n) is 3.77. The zero-order chi connectivity index (χ0) is 11.4. The molecule has 0 aromatic carbocycles. The quantitative estimate of drug-likeness (QED) is 0.554. The summed E-state index contributed by atoms with van der Waals surface area (Å²) in [6.45, 7) is 5.36. The minimum Gasteiger partial charge on any atom is -0.380 e. The lowest BCUT2D eigenvalue weighted by molar-refractivity contribution is 0.152. The molecular formula is C10H17N5O. The van der Waals surface area contributed by atoms with Crippen LogP contribution in [0.4, 0.5) is 11.6 Å². The van der Waals surface area contributed by atoms with E-state index in [1.807, 2.05) is 6.92 Å². The molecule has 1 aromatic heterocycles. The van der Waals surface area contributed by atoms with Crippen molar-refractivity contribution in [3.63, 3.8) is 0 Å². The van der Waals surface area contributed by atoms with Crippen LogP contribution in [-0.2, 0) is 4.74 Å². The van der Waals surface area contributed by atoms with Crippen molar-refractivity contribution in [2.24, 2.45) is 5.84 Å². The van der Waals surface area contributed by atoms with E-state index >= 15 is 0 Å². The molecule has 1 fully saturated rings. The first-order valence-electron chi connectivity index (χ1n) is 5.44. The summed E-state index contributed by atoms with van der Waals surface area (Å²) < 4.78 is 5.42. The molecule has 0 radical (unpaired) electrons. The number of anilines is 2. The van der Waals surface area contributed by atoms with Crippen LogP contribution in [0.25, 0.3) is 0 Å². The smallest absolute Gasteiger partial charge is 0.148 e. The lowest BCUT2D eigenvalue weighted by atomic mass is 10.2. The van der Waals surface area contributed by atoms with Crippen LogP contribution in [0.15, 0.2) is 6.33 Å². The van der Waals surface area contributed by atoms with E-state index in [0.717, 1.165) is 44.1 Å². The Morgan fingerprint density at radius 2 is 2.25 bits per heavy atom. The molecule has 0 unspecified atom stereocenters. The second kappa shape index (κ2) is 5.09. The number of nitrogen functional groups attached to an aromatic ring is 1. The van der Waals surface area contributed by atoms with Crippen molar-refractivity contribution in [2.45, 2.75) is 13.3 Å². The topological polar surface area (TPSA) is 76.3 Å². The maximum atomic E-state index is 5.42. The lowest BCUT2D eigenvalue weighted by Crippen LogP contribution is -2.28. The van der Waals surface area contributed by atoms with Crippen molar-refractivity contribution >= 4 is 11.6 Å². The Bertz CT molecular complexity index is 349. The largest absolute Gasteiger partial charge is 0.380 e. The number of aromatic nitrogens is 2. The molecule has 6 heteroatoms. The highest BCUT2D eigenvalue weighted by Crippen LogP contribution is 2.22. The third-order valence-corrected chi connectivity index (χ3v) is 2.72. The molecule has 88 valence electrons. The van der Waals surface area contributed by atoms with Gasteiger partial charge in [0, 0.05) is 25.3 Å². The summed E-state index contributed by atoms with van der Waals surface area (Å²) in [6, 6.07) is 0. The minimum absolute atomic E-state index is 0.676. The fourth-order valence-corrected chi connectivity index (χ4v) is 1.86. The number of hydrogen-bond donors (Lipinski definition) is 2. The van der Waals surface area contributed by atoms with Gasteiger partial charge in [-0.05, 0) is 13.3 Å². The molecule has 2 heterocycles. The van der Waals surface area contributed by atoms with Gasteiger partial charge in [-0.25, -0.2) is 15.8 Å². The summed E-state index contributed by atoms with van der Waals surface area (Å²) in [7, 11) is 0. The predicted molar refractivity (Wildman–Crippen MR) is 62.2 cm³/mol. The van der Waals surface area contributed by atoms with Crippen LogP contribution in [-0.4, -0.2) is 36.3 Å². The molecule has 2 rings (SSSR count). The van der Waals surface area contributed by atoms with Crippen LogP contribution < -0.4 is 16.2 Å². The molecule has 0 atom stereocenters. The summed E-state index contributed by atoms with van der Waals surface area (Å²) in [4.78, 5) is 10.6. The average molecular weight is 223 g/mol. The van der Waals surface area contributed by atoms with Gasteiger partial charge in [0.15, 0.2) is 0 Å².